The van der Waals surface area contributed by atoms with Crippen molar-refractivity contribution in [3.05, 3.63) is 115 Å². The normalized spacial score (nSPS) is 11.7. The van der Waals surface area contributed by atoms with E-state index in [0.29, 0.717) is 10.3 Å². The van der Waals surface area contributed by atoms with Crippen LogP contribution in [0.25, 0.3) is 0 Å². The first kappa shape index (κ1) is 29.7. The van der Waals surface area contributed by atoms with E-state index in [4.69, 9.17) is 0 Å². The van der Waals surface area contributed by atoms with Crippen molar-refractivity contribution in [3.8, 4) is 0 Å². The van der Waals surface area contributed by atoms with Crippen LogP contribution >= 0.6 is 15.8 Å². The maximum absolute atomic E-state index is 2.43. The maximum Gasteiger partial charge on any atom is 2.00 e. The molecule has 0 saturated heterocycles. The Kier molecular flexibility index (Phi) is 11.7. The van der Waals surface area contributed by atoms with Crippen molar-refractivity contribution in [3.63, 3.8) is 0 Å². The molecule has 0 N–H and O–H groups in total. The third kappa shape index (κ3) is 8.84. The van der Waals surface area contributed by atoms with Gasteiger partial charge in [0.05, 0.1) is 0 Å². The van der Waals surface area contributed by atoms with E-state index < -0.39 is 7.92 Å². The van der Waals surface area contributed by atoms with E-state index in [-0.39, 0.29) is 25.0 Å². The number of aryl methyl sites for hydroxylation is 1. The Balaban J connectivity index is 0.000000640. The molecule has 0 unspecified atom stereocenters. The molecule has 0 amide bonds. The van der Waals surface area contributed by atoms with Gasteiger partial charge in [-0.3, -0.25) is 0 Å². The molecule has 0 aromatic heterocycles. The van der Waals surface area contributed by atoms with E-state index in [1.54, 1.807) is 5.56 Å². The minimum absolute atomic E-state index is 0. The van der Waals surface area contributed by atoms with Crippen LogP contribution in [0.2, 0.25) is 0 Å². The summed E-state index contributed by atoms with van der Waals surface area (Å²) in [6.45, 7) is 14.6. The fourth-order valence-corrected chi connectivity index (χ4v) is 11.0. The molecule has 0 aliphatic heterocycles. The third-order valence-corrected chi connectivity index (χ3v) is 12.4. The Morgan fingerprint density at radius 2 is 1.11 bits per heavy atom. The van der Waals surface area contributed by atoms with Crippen LogP contribution in [0.5, 0.6) is 0 Å². The minimum atomic E-state index is -0.510. The number of benzene rings is 2. The van der Waals surface area contributed by atoms with E-state index in [9.17, 15) is 0 Å². The SMILES string of the molecule is CC(C)(C)P(CCc1cc[cH-]c1P(c1ccccc1)c1ccccc1)C(C)(C)C.[Fe+2].c1cc[cH-]c1. The van der Waals surface area contributed by atoms with E-state index in [1.165, 1.54) is 28.5 Å². The molecule has 0 aliphatic carbocycles. The molecule has 0 bridgehead atoms. The molecular weight excluding hydrogens is 502 g/mol. The molecule has 35 heavy (non-hydrogen) atoms. The molecule has 0 radical (unpaired) electrons. The molecule has 3 heteroatoms. The van der Waals surface area contributed by atoms with E-state index >= 15 is 0 Å². The van der Waals surface area contributed by atoms with Gasteiger partial charge >= 0.3 is 17.1 Å². The molecule has 4 aromatic carbocycles. The number of rotatable bonds is 6. The van der Waals surface area contributed by atoms with Crippen molar-refractivity contribution in [2.24, 2.45) is 0 Å². The van der Waals surface area contributed by atoms with Crippen molar-refractivity contribution < 1.29 is 17.1 Å². The smallest absolute Gasteiger partial charge is 0.214 e. The third-order valence-electron chi connectivity index (χ3n) is 5.93. The topological polar surface area (TPSA) is 0 Å². The van der Waals surface area contributed by atoms with Crippen LogP contribution < -0.4 is 15.9 Å². The first-order valence-corrected chi connectivity index (χ1v) is 15.1. The molecule has 0 heterocycles. The Morgan fingerprint density at radius 3 is 1.51 bits per heavy atom. The molecule has 0 atom stereocenters. The second-order valence-corrected chi connectivity index (χ2v) is 16.8. The van der Waals surface area contributed by atoms with Gasteiger partial charge < -0.3 is 0 Å². The van der Waals surface area contributed by atoms with Gasteiger partial charge in [0.25, 0.3) is 0 Å². The van der Waals surface area contributed by atoms with Gasteiger partial charge in [0.2, 0.25) is 0 Å². The largest absolute Gasteiger partial charge is 2.00 e. The average molecular weight is 542 g/mol. The molecular formula is C32H40FeP2. The van der Waals surface area contributed by atoms with Crippen molar-refractivity contribution in [2.45, 2.75) is 58.3 Å². The number of hydrogen-bond donors (Lipinski definition) is 0. The molecule has 0 spiro atoms. The van der Waals surface area contributed by atoms with Crippen LogP contribution in [0.15, 0.2) is 109 Å². The monoisotopic (exact) mass is 542 g/mol. The van der Waals surface area contributed by atoms with Gasteiger partial charge in [0.1, 0.15) is 0 Å². The summed E-state index contributed by atoms with van der Waals surface area (Å²) in [5.74, 6) is 0. The standard InChI is InChI=1S/C27H35P2.C5H5.Fe/c1-26(2,3)28(27(4,5)6)21-20-22-14-13-19-25(22)29(23-15-9-7-10-16-23)24-17-11-8-12-18-24;1-2-4-5-3-1;/h7-19H,20-21H2,1-6H3;1-5H;/q2*-1;+2. The zero-order chi connectivity index (χ0) is 24.6. The summed E-state index contributed by atoms with van der Waals surface area (Å²) in [5, 5.41) is 5.17. The molecule has 0 saturated carbocycles. The van der Waals surface area contributed by atoms with Gasteiger partial charge in [-0.1, -0.05) is 117 Å². The molecule has 0 aliphatic rings. The van der Waals surface area contributed by atoms with Crippen LogP contribution in [-0.2, 0) is 23.5 Å². The van der Waals surface area contributed by atoms with Crippen LogP contribution in [0.3, 0.4) is 0 Å². The first-order valence-electron chi connectivity index (χ1n) is 12.3. The Hall–Kier alpha value is -1.48. The zero-order valence-corrected chi connectivity index (χ0v) is 24.9. The summed E-state index contributed by atoms with van der Waals surface area (Å²) in [4.78, 5) is 0. The van der Waals surface area contributed by atoms with Gasteiger partial charge in [0.15, 0.2) is 0 Å². The second-order valence-electron chi connectivity index (χ2n) is 10.6. The van der Waals surface area contributed by atoms with Gasteiger partial charge in [-0.15, -0.1) is 5.30 Å². The Labute approximate surface area is 227 Å². The summed E-state index contributed by atoms with van der Waals surface area (Å²) in [7, 11) is -0.590. The van der Waals surface area contributed by atoms with Crippen LogP contribution in [-0.4, -0.2) is 16.5 Å². The molecule has 4 rings (SSSR count). The van der Waals surface area contributed by atoms with Gasteiger partial charge in [-0.2, -0.15) is 35.9 Å². The maximum atomic E-state index is 2.43. The van der Waals surface area contributed by atoms with Gasteiger partial charge in [0, 0.05) is 0 Å². The van der Waals surface area contributed by atoms with Gasteiger partial charge in [-0.25, -0.2) is 18.2 Å². The molecule has 4 aromatic rings. The van der Waals surface area contributed by atoms with Crippen molar-refractivity contribution >= 4 is 31.8 Å². The summed E-state index contributed by atoms with van der Waals surface area (Å²) in [6.07, 6.45) is 2.48. The fraction of sp³-hybridized carbons (Fsp3) is 0.312. The van der Waals surface area contributed by atoms with E-state index in [0.717, 1.165) is 0 Å². The van der Waals surface area contributed by atoms with Crippen molar-refractivity contribution in [2.75, 3.05) is 6.16 Å². The van der Waals surface area contributed by atoms with Crippen LogP contribution in [0.4, 0.5) is 0 Å². The van der Waals surface area contributed by atoms with Crippen LogP contribution in [0, 0.1) is 0 Å². The molecule has 186 valence electrons. The second kappa shape index (κ2) is 13.7. The predicted octanol–water partition coefficient (Wildman–Crippen LogP) is 8.19. The Bertz CT molecular complexity index is 997. The summed E-state index contributed by atoms with van der Waals surface area (Å²) >= 11 is 0. The average Bonchev–Trinajstić information content (AvgIpc) is 3.50. The van der Waals surface area contributed by atoms with E-state index in [1.807, 2.05) is 30.3 Å². The number of hydrogen-bond acceptors (Lipinski definition) is 0. The summed E-state index contributed by atoms with van der Waals surface area (Å²) < 4.78 is 0. The van der Waals surface area contributed by atoms with Crippen molar-refractivity contribution in [1.82, 2.24) is 0 Å². The summed E-state index contributed by atoms with van der Waals surface area (Å²) in [5.41, 5.74) is 1.55. The Morgan fingerprint density at radius 1 is 0.629 bits per heavy atom. The quantitative estimate of drug-likeness (QED) is 0.131. The van der Waals surface area contributed by atoms with Gasteiger partial charge in [-0.05, 0) is 35.0 Å². The minimum Gasteiger partial charge on any atom is -0.214 e. The van der Waals surface area contributed by atoms with Crippen molar-refractivity contribution in [1.29, 1.82) is 0 Å². The first-order chi connectivity index (χ1) is 16.2. The molecule has 0 nitrogen and oxygen atoms in total. The summed E-state index contributed by atoms with van der Waals surface area (Å²) in [6, 6.07) is 39.1. The predicted molar refractivity (Wildman–Crippen MR) is 158 cm³/mol. The van der Waals surface area contributed by atoms with E-state index in [2.05, 4.69) is 120 Å². The molecule has 0 fully saturated rings. The zero-order valence-electron chi connectivity index (χ0n) is 22.1. The fourth-order valence-electron chi connectivity index (χ4n) is 4.69. The van der Waals surface area contributed by atoms with Crippen LogP contribution in [0.1, 0.15) is 47.1 Å².